The third-order valence-corrected chi connectivity index (χ3v) is 6.40. The molecule has 2 heterocycles. The van der Waals surface area contributed by atoms with Crippen LogP contribution < -0.4 is 10.9 Å². The van der Waals surface area contributed by atoms with Crippen LogP contribution >= 0.6 is 11.8 Å². The van der Waals surface area contributed by atoms with E-state index in [1.54, 1.807) is 15.4 Å². The van der Waals surface area contributed by atoms with Crippen LogP contribution in [0.2, 0.25) is 0 Å². The monoisotopic (exact) mass is 461 g/mol. The zero-order valence-electron chi connectivity index (χ0n) is 19.3. The lowest BCUT2D eigenvalue weighted by Crippen LogP contribution is -2.25. The number of carbonyl (C=O) groups is 1. The second-order valence-corrected chi connectivity index (χ2v) is 9.09. The average Bonchev–Trinajstić information content (AvgIpc) is 3.22. The van der Waals surface area contributed by atoms with Gasteiger partial charge >= 0.3 is 0 Å². The van der Waals surface area contributed by atoms with Gasteiger partial charge in [0.05, 0.1) is 18.5 Å². The van der Waals surface area contributed by atoms with Crippen molar-refractivity contribution in [2.45, 2.75) is 45.9 Å². The van der Waals surface area contributed by atoms with Crippen molar-refractivity contribution in [2.24, 2.45) is 0 Å². The Morgan fingerprint density at radius 1 is 1.06 bits per heavy atom. The number of nitrogens with zero attached hydrogens (tertiary/aromatic N) is 4. The summed E-state index contributed by atoms with van der Waals surface area (Å²) in [6.07, 6.45) is 1.77. The first-order valence-electron chi connectivity index (χ1n) is 10.9. The first-order chi connectivity index (χ1) is 15.8. The quantitative estimate of drug-likeness (QED) is 0.327. The zero-order chi connectivity index (χ0) is 23.5. The second-order valence-electron chi connectivity index (χ2n) is 8.15. The number of anilines is 1. The summed E-state index contributed by atoms with van der Waals surface area (Å²) in [6, 6.07) is 14.0. The molecule has 0 unspecified atom stereocenters. The number of nitrogens with one attached hydrogen (secondary N) is 1. The van der Waals surface area contributed by atoms with E-state index in [-0.39, 0.29) is 17.2 Å². The first-order valence-corrected chi connectivity index (χ1v) is 11.9. The number of aryl methyl sites for hydroxylation is 4. The smallest absolute Gasteiger partial charge is 0.282 e. The minimum absolute atomic E-state index is 0.140. The first kappa shape index (κ1) is 22.8. The molecule has 0 saturated heterocycles. The minimum Gasteiger partial charge on any atom is -0.325 e. The van der Waals surface area contributed by atoms with E-state index in [2.05, 4.69) is 10.4 Å². The molecule has 0 bridgehead atoms. The fourth-order valence-corrected chi connectivity index (χ4v) is 4.30. The van der Waals surface area contributed by atoms with Gasteiger partial charge in [-0.15, -0.1) is 0 Å². The van der Waals surface area contributed by atoms with Crippen LogP contribution in [-0.4, -0.2) is 31.0 Å². The number of thioether (sulfide) groups is 1. The van der Waals surface area contributed by atoms with Crippen molar-refractivity contribution in [3.8, 4) is 0 Å². The third kappa shape index (κ3) is 5.17. The molecule has 0 aliphatic rings. The molecule has 170 valence electrons. The summed E-state index contributed by atoms with van der Waals surface area (Å²) < 4.78 is 3.31. The lowest BCUT2D eigenvalue weighted by atomic mass is 10.1. The average molecular weight is 462 g/mol. The van der Waals surface area contributed by atoms with E-state index in [1.165, 1.54) is 11.8 Å². The van der Waals surface area contributed by atoms with E-state index in [0.717, 1.165) is 27.9 Å². The summed E-state index contributed by atoms with van der Waals surface area (Å²) in [5.41, 5.74) is 5.69. The van der Waals surface area contributed by atoms with Gasteiger partial charge in [0.1, 0.15) is 5.52 Å². The molecule has 0 fully saturated rings. The maximum Gasteiger partial charge on any atom is 0.282 e. The summed E-state index contributed by atoms with van der Waals surface area (Å²) in [4.78, 5) is 30.7. The number of aromatic nitrogens is 4. The van der Waals surface area contributed by atoms with Crippen LogP contribution in [0.1, 0.15) is 29.2 Å². The third-order valence-electron chi connectivity index (χ3n) is 5.42. The van der Waals surface area contributed by atoms with Gasteiger partial charge in [-0.05, 0) is 50.5 Å². The predicted octanol–water partition coefficient (Wildman–Crippen LogP) is 4.32. The van der Waals surface area contributed by atoms with Crippen LogP contribution in [0.4, 0.5) is 5.69 Å². The number of fused-ring (bicyclic) bond motifs is 1. The van der Waals surface area contributed by atoms with E-state index < -0.39 is 0 Å². The molecule has 1 amide bonds. The van der Waals surface area contributed by atoms with Crippen molar-refractivity contribution in [1.82, 2.24) is 19.3 Å². The van der Waals surface area contributed by atoms with E-state index in [9.17, 15) is 9.59 Å². The molecule has 0 saturated carbocycles. The van der Waals surface area contributed by atoms with Crippen LogP contribution in [0.5, 0.6) is 0 Å². The largest absolute Gasteiger partial charge is 0.325 e. The Labute approximate surface area is 196 Å². The number of hydrogen-bond donors (Lipinski definition) is 1. The van der Waals surface area contributed by atoms with Crippen LogP contribution in [0.15, 0.2) is 58.6 Å². The lowest BCUT2D eigenvalue weighted by Gasteiger charge is -2.13. The molecular formula is C25H27N5O2S. The van der Waals surface area contributed by atoms with Gasteiger partial charge in [0.15, 0.2) is 10.7 Å². The van der Waals surface area contributed by atoms with Crippen molar-refractivity contribution < 1.29 is 4.79 Å². The van der Waals surface area contributed by atoms with Crippen molar-refractivity contribution in [1.29, 1.82) is 0 Å². The minimum atomic E-state index is -0.204. The van der Waals surface area contributed by atoms with E-state index in [4.69, 9.17) is 4.98 Å². The zero-order valence-corrected chi connectivity index (χ0v) is 20.1. The highest BCUT2D eigenvalue weighted by Crippen LogP contribution is 2.21. The molecule has 0 atom stereocenters. The summed E-state index contributed by atoms with van der Waals surface area (Å²) in [7, 11) is 0. The summed E-state index contributed by atoms with van der Waals surface area (Å²) >= 11 is 1.26. The van der Waals surface area contributed by atoms with Crippen LogP contribution in [0.25, 0.3) is 11.0 Å². The topological polar surface area (TPSA) is 81.8 Å². The Morgan fingerprint density at radius 3 is 2.52 bits per heavy atom. The molecule has 7 nitrogen and oxygen atoms in total. The van der Waals surface area contributed by atoms with Crippen LogP contribution in [0, 0.1) is 20.8 Å². The molecule has 33 heavy (non-hydrogen) atoms. The molecule has 0 aliphatic heterocycles. The van der Waals surface area contributed by atoms with Gasteiger partial charge in [-0.3, -0.25) is 18.8 Å². The molecule has 2 aromatic carbocycles. The maximum absolute atomic E-state index is 13.3. The fraction of sp³-hybridized carbons (Fsp3) is 0.280. The summed E-state index contributed by atoms with van der Waals surface area (Å²) in [5, 5.41) is 7.86. The number of rotatable bonds is 7. The highest BCUT2D eigenvalue weighted by atomic mass is 32.2. The number of hydrogen-bond acceptors (Lipinski definition) is 5. The lowest BCUT2D eigenvalue weighted by molar-refractivity contribution is -0.113. The van der Waals surface area contributed by atoms with Crippen molar-refractivity contribution in [2.75, 3.05) is 11.1 Å². The van der Waals surface area contributed by atoms with Crippen LogP contribution in [0.3, 0.4) is 0 Å². The Morgan fingerprint density at radius 2 is 1.79 bits per heavy atom. The van der Waals surface area contributed by atoms with E-state index >= 15 is 0 Å². The van der Waals surface area contributed by atoms with Crippen LogP contribution in [-0.2, 0) is 17.9 Å². The standard InChI is InChI=1S/C25H27N5O2S/c1-5-29-14-21-23(28-29)24(32)30(13-19-10-7-16(2)8-11-19)25(27-21)33-15-22(31)26-20-12-17(3)6-9-18(20)4/h6-12,14H,5,13,15H2,1-4H3,(H,26,31). The molecule has 4 rings (SSSR count). The molecular weight excluding hydrogens is 434 g/mol. The number of amides is 1. The Bertz CT molecular complexity index is 1370. The maximum atomic E-state index is 13.3. The summed E-state index contributed by atoms with van der Waals surface area (Å²) in [5.74, 6) is -0.00425. The second kappa shape index (κ2) is 9.62. The Balaban J connectivity index is 1.63. The normalized spacial score (nSPS) is 11.2. The molecule has 4 aromatic rings. The predicted molar refractivity (Wildman–Crippen MR) is 133 cm³/mol. The SMILES string of the molecule is CCn1cc2nc(SCC(=O)Nc3cc(C)ccc3C)n(Cc3ccc(C)cc3)c(=O)c2n1. The van der Waals surface area contributed by atoms with Gasteiger partial charge in [0.2, 0.25) is 5.91 Å². The Hall–Kier alpha value is -3.39. The highest BCUT2D eigenvalue weighted by Gasteiger charge is 2.17. The van der Waals surface area contributed by atoms with Crippen molar-refractivity contribution in [3.63, 3.8) is 0 Å². The fourth-order valence-electron chi connectivity index (χ4n) is 3.50. The number of benzene rings is 2. The van der Waals surface area contributed by atoms with Gasteiger partial charge in [0, 0.05) is 12.2 Å². The highest BCUT2D eigenvalue weighted by molar-refractivity contribution is 7.99. The van der Waals surface area contributed by atoms with Gasteiger partial charge in [0.25, 0.3) is 5.56 Å². The summed E-state index contributed by atoms with van der Waals surface area (Å²) in [6.45, 7) is 8.95. The molecule has 0 spiro atoms. The number of carbonyl (C=O) groups excluding carboxylic acids is 1. The molecule has 8 heteroatoms. The van der Waals surface area contributed by atoms with E-state index in [0.29, 0.717) is 29.3 Å². The Kier molecular flexibility index (Phi) is 6.65. The van der Waals surface area contributed by atoms with Gasteiger partial charge in [-0.1, -0.05) is 53.7 Å². The van der Waals surface area contributed by atoms with Crippen molar-refractivity contribution in [3.05, 3.63) is 81.3 Å². The molecule has 2 aromatic heterocycles. The molecule has 0 radical (unpaired) electrons. The van der Waals surface area contributed by atoms with Gasteiger partial charge in [-0.25, -0.2) is 4.98 Å². The molecule has 1 N–H and O–H groups in total. The molecule has 0 aliphatic carbocycles. The van der Waals surface area contributed by atoms with Gasteiger partial charge < -0.3 is 5.32 Å². The van der Waals surface area contributed by atoms with Crippen molar-refractivity contribution >= 4 is 34.4 Å². The van der Waals surface area contributed by atoms with Gasteiger partial charge in [-0.2, -0.15) is 5.10 Å². The van der Waals surface area contributed by atoms with E-state index in [1.807, 2.05) is 70.2 Å².